The minimum atomic E-state index is -1.20. The maximum absolute atomic E-state index is 11.9. The third kappa shape index (κ3) is 7.76. The Hall–Kier alpha value is -4.98. The molecule has 3 aromatic carbocycles. The van der Waals surface area contributed by atoms with E-state index in [0.29, 0.717) is 11.4 Å². The molecule has 0 spiro atoms. The van der Waals surface area contributed by atoms with Crippen molar-refractivity contribution in [3.05, 3.63) is 119 Å². The Kier molecular flexibility index (Phi) is 8.72. The molecule has 0 aliphatic heterocycles. The molecule has 0 saturated carbocycles. The number of anilines is 2. The van der Waals surface area contributed by atoms with Gasteiger partial charge < -0.3 is 20.8 Å². The van der Waals surface area contributed by atoms with Crippen LogP contribution < -0.4 is 10.6 Å². The first-order chi connectivity index (χ1) is 17.6. The standard InChI is InChI=1S/C29H26N2O6/c1-18-3-12-24(19(2)17-18)29(20-4-8-22(9-5-20)30-25(32)13-15-27(34)35)21-6-10-23(11-7-21)31-26(33)14-16-28(36)37/h3-17,29H,1-2H3,(H,30,32)(H,31,33)(H,34,35)(H,36,37)/b15-13+,16-14+. The molecule has 2 amide bonds. The van der Waals surface area contributed by atoms with E-state index in [4.69, 9.17) is 10.2 Å². The maximum Gasteiger partial charge on any atom is 0.328 e. The fourth-order valence-corrected chi connectivity index (χ4v) is 3.88. The zero-order valence-corrected chi connectivity index (χ0v) is 20.3. The van der Waals surface area contributed by atoms with Crippen molar-refractivity contribution in [2.24, 2.45) is 0 Å². The summed E-state index contributed by atoms with van der Waals surface area (Å²) in [7, 11) is 0. The molecule has 8 nitrogen and oxygen atoms in total. The van der Waals surface area contributed by atoms with Crippen molar-refractivity contribution >= 4 is 35.1 Å². The van der Waals surface area contributed by atoms with Crippen molar-refractivity contribution in [2.45, 2.75) is 19.8 Å². The molecular weight excluding hydrogens is 472 g/mol. The Bertz CT molecular complexity index is 1290. The average Bonchev–Trinajstić information content (AvgIpc) is 2.85. The van der Waals surface area contributed by atoms with Crippen molar-refractivity contribution in [2.75, 3.05) is 10.6 Å². The van der Waals surface area contributed by atoms with Crippen molar-refractivity contribution in [3.63, 3.8) is 0 Å². The minimum Gasteiger partial charge on any atom is -0.478 e. The van der Waals surface area contributed by atoms with Crippen molar-refractivity contribution in [1.29, 1.82) is 0 Å². The highest BCUT2D eigenvalue weighted by Gasteiger charge is 2.19. The highest BCUT2D eigenvalue weighted by molar-refractivity contribution is 6.03. The van der Waals surface area contributed by atoms with Crippen LogP contribution in [0.3, 0.4) is 0 Å². The lowest BCUT2D eigenvalue weighted by atomic mass is 9.82. The van der Waals surface area contributed by atoms with Gasteiger partial charge in [0.15, 0.2) is 0 Å². The third-order valence-electron chi connectivity index (χ3n) is 5.51. The Morgan fingerprint density at radius 2 is 1.08 bits per heavy atom. The van der Waals surface area contributed by atoms with Crippen molar-refractivity contribution < 1.29 is 29.4 Å². The average molecular weight is 499 g/mol. The lowest BCUT2D eigenvalue weighted by Crippen LogP contribution is -2.10. The molecule has 3 rings (SSSR count). The molecule has 8 heteroatoms. The van der Waals surface area contributed by atoms with Gasteiger partial charge in [0.05, 0.1) is 0 Å². The number of aryl methyl sites for hydroxylation is 2. The SMILES string of the molecule is Cc1ccc(C(c2ccc(NC(=O)/C=C/C(=O)O)cc2)c2ccc(NC(=O)/C=C/C(=O)O)cc2)c(C)c1. The van der Waals surface area contributed by atoms with E-state index >= 15 is 0 Å². The van der Waals surface area contributed by atoms with Gasteiger partial charge in [0.1, 0.15) is 0 Å². The van der Waals surface area contributed by atoms with Gasteiger partial charge in [-0.3, -0.25) is 9.59 Å². The second-order valence-electron chi connectivity index (χ2n) is 8.36. The van der Waals surface area contributed by atoms with Crippen LogP contribution in [0.5, 0.6) is 0 Å². The summed E-state index contributed by atoms with van der Waals surface area (Å²) in [4.78, 5) is 45.0. The number of carbonyl (C=O) groups excluding carboxylic acids is 2. The van der Waals surface area contributed by atoms with E-state index < -0.39 is 23.8 Å². The van der Waals surface area contributed by atoms with Crippen LogP contribution in [0.1, 0.15) is 33.7 Å². The number of carbonyl (C=O) groups is 4. The molecule has 0 aromatic heterocycles. The number of carboxylic acid groups (broad SMARTS) is 2. The van der Waals surface area contributed by atoms with Crippen LogP contribution in [0.15, 0.2) is 91.0 Å². The molecule has 0 unspecified atom stereocenters. The monoisotopic (exact) mass is 498 g/mol. The molecule has 0 bridgehead atoms. The van der Waals surface area contributed by atoms with Gasteiger partial charge in [0, 0.05) is 41.6 Å². The Morgan fingerprint density at radius 3 is 1.46 bits per heavy atom. The minimum absolute atomic E-state index is 0.145. The zero-order valence-electron chi connectivity index (χ0n) is 20.3. The topological polar surface area (TPSA) is 133 Å². The van der Waals surface area contributed by atoms with E-state index in [-0.39, 0.29) is 5.92 Å². The summed E-state index contributed by atoms with van der Waals surface area (Å²) in [6.07, 6.45) is 3.45. The number of rotatable bonds is 9. The number of hydrogen-bond acceptors (Lipinski definition) is 4. The number of benzene rings is 3. The van der Waals surface area contributed by atoms with Gasteiger partial charge in [-0.25, -0.2) is 9.59 Å². The first-order valence-corrected chi connectivity index (χ1v) is 11.3. The Labute approximate surface area is 214 Å². The molecule has 0 heterocycles. The van der Waals surface area contributed by atoms with Gasteiger partial charge in [-0.1, -0.05) is 48.0 Å². The summed E-state index contributed by atoms with van der Waals surface area (Å²) < 4.78 is 0. The van der Waals surface area contributed by atoms with Crippen molar-refractivity contribution in [1.82, 2.24) is 0 Å². The molecule has 37 heavy (non-hydrogen) atoms. The summed E-state index contributed by atoms with van der Waals surface area (Å²) in [5, 5.41) is 22.6. The van der Waals surface area contributed by atoms with Crippen LogP contribution >= 0.6 is 0 Å². The van der Waals surface area contributed by atoms with E-state index in [1.807, 2.05) is 44.2 Å². The fourth-order valence-electron chi connectivity index (χ4n) is 3.88. The molecule has 3 aromatic rings. The summed E-state index contributed by atoms with van der Waals surface area (Å²) in [5.74, 6) is -3.64. The second kappa shape index (κ2) is 12.1. The first kappa shape index (κ1) is 26.6. The second-order valence-corrected chi connectivity index (χ2v) is 8.36. The number of amides is 2. The van der Waals surface area contributed by atoms with Gasteiger partial charge in [0.2, 0.25) is 11.8 Å². The number of hydrogen-bond donors (Lipinski definition) is 4. The fraction of sp³-hybridized carbons (Fsp3) is 0.103. The van der Waals surface area contributed by atoms with Crippen LogP contribution in [-0.4, -0.2) is 34.0 Å². The summed E-state index contributed by atoms with van der Waals surface area (Å²) in [5.41, 5.74) is 6.32. The van der Waals surface area contributed by atoms with Crippen LogP contribution in [0.25, 0.3) is 0 Å². The van der Waals surface area contributed by atoms with Gasteiger partial charge in [-0.15, -0.1) is 0 Å². The molecule has 0 radical (unpaired) electrons. The van der Waals surface area contributed by atoms with E-state index in [2.05, 4.69) is 22.8 Å². The predicted molar refractivity (Wildman–Crippen MR) is 141 cm³/mol. The summed E-state index contributed by atoms with van der Waals surface area (Å²) >= 11 is 0. The van der Waals surface area contributed by atoms with Gasteiger partial charge >= 0.3 is 11.9 Å². The molecule has 0 saturated heterocycles. The molecule has 188 valence electrons. The predicted octanol–water partition coefficient (Wildman–Crippen LogP) is 4.64. The smallest absolute Gasteiger partial charge is 0.328 e. The lowest BCUT2D eigenvalue weighted by molar-refractivity contribution is -0.132. The quantitative estimate of drug-likeness (QED) is 0.251. The van der Waals surface area contributed by atoms with Crippen LogP contribution in [-0.2, 0) is 19.2 Å². The van der Waals surface area contributed by atoms with Crippen LogP contribution in [0.4, 0.5) is 11.4 Å². The highest BCUT2D eigenvalue weighted by atomic mass is 16.4. The molecule has 0 aliphatic rings. The molecule has 4 N–H and O–H groups in total. The maximum atomic E-state index is 11.9. The van der Waals surface area contributed by atoms with Crippen LogP contribution in [0, 0.1) is 13.8 Å². The van der Waals surface area contributed by atoms with E-state index in [1.54, 1.807) is 24.3 Å². The number of aliphatic carboxylic acids is 2. The normalized spacial score (nSPS) is 11.1. The largest absolute Gasteiger partial charge is 0.478 e. The molecule has 0 aliphatic carbocycles. The van der Waals surface area contributed by atoms with Crippen molar-refractivity contribution in [3.8, 4) is 0 Å². The Morgan fingerprint density at radius 1 is 0.649 bits per heavy atom. The molecule has 0 fully saturated rings. The lowest BCUT2D eigenvalue weighted by Gasteiger charge is -2.22. The van der Waals surface area contributed by atoms with Crippen LogP contribution in [0.2, 0.25) is 0 Å². The Balaban J connectivity index is 1.90. The van der Waals surface area contributed by atoms with E-state index in [0.717, 1.165) is 52.1 Å². The number of carboxylic acids is 2. The van der Waals surface area contributed by atoms with Gasteiger partial charge in [-0.05, 0) is 60.4 Å². The highest BCUT2D eigenvalue weighted by Crippen LogP contribution is 2.35. The first-order valence-electron chi connectivity index (χ1n) is 11.3. The molecular formula is C29H26N2O6. The third-order valence-corrected chi connectivity index (χ3v) is 5.51. The molecule has 0 atom stereocenters. The van der Waals surface area contributed by atoms with Gasteiger partial charge in [-0.2, -0.15) is 0 Å². The number of nitrogens with one attached hydrogen (secondary N) is 2. The van der Waals surface area contributed by atoms with E-state index in [9.17, 15) is 19.2 Å². The zero-order chi connectivity index (χ0) is 26.9. The van der Waals surface area contributed by atoms with Gasteiger partial charge in [0.25, 0.3) is 0 Å². The summed E-state index contributed by atoms with van der Waals surface area (Å²) in [6.45, 7) is 4.07. The summed E-state index contributed by atoms with van der Waals surface area (Å²) in [6, 6.07) is 20.8. The van der Waals surface area contributed by atoms with E-state index in [1.165, 1.54) is 0 Å².